The quantitative estimate of drug-likeness (QED) is 0.360. The standard InChI is InChI=1S/C16H27ClO4/c1-4-5-6-7-12(2)13-8-11-16(21-17)20-14(13)9-10-15(18)19-3/h13-14,16H,2,4-11H2,1,3H3. The fourth-order valence-corrected chi connectivity index (χ4v) is 2.94. The van der Waals surface area contributed by atoms with E-state index in [1.54, 1.807) is 0 Å². The maximum atomic E-state index is 11.3. The van der Waals surface area contributed by atoms with Gasteiger partial charge in [0.1, 0.15) is 0 Å². The minimum atomic E-state index is -0.394. The SMILES string of the molecule is C=C(CCCCC)C1CCC(OCl)OC1CCC(=O)OC. The van der Waals surface area contributed by atoms with Crippen LogP contribution in [-0.4, -0.2) is 25.5 Å². The lowest BCUT2D eigenvalue weighted by atomic mass is 9.83. The lowest BCUT2D eigenvalue weighted by Gasteiger charge is -2.36. The van der Waals surface area contributed by atoms with Gasteiger partial charge in [-0.15, -0.1) is 0 Å². The van der Waals surface area contributed by atoms with Gasteiger partial charge >= 0.3 is 5.97 Å². The summed E-state index contributed by atoms with van der Waals surface area (Å²) in [5.41, 5.74) is 1.21. The molecule has 0 saturated carbocycles. The summed E-state index contributed by atoms with van der Waals surface area (Å²) >= 11 is 5.43. The van der Waals surface area contributed by atoms with E-state index in [1.807, 2.05) is 0 Å². The van der Waals surface area contributed by atoms with Crippen LogP contribution in [0.1, 0.15) is 58.3 Å². The van der Waals surface area contributed by atoms with Crippen molar-refractivity contribution >= 4 is 17.8 Å². The Kier molecular flexibility index (Phi) is 8.97. The van der Waals surface area contributed by atoms with Crippen LogP contribution in [0.4, 0.5) is 0 Å². The van der Waals surface area contributed by atoms with Crippen molar-refractivity contribution in [2.45, 2.75) is 70.7 Å². The highest BCUT2D eigenvalue weighted by molar-refractivity contribution is 6.07. The van der Waals surface area contributed by atoms with E-state index >= 15 is 0 Å². The summed E-state index contributed by atoms with van der Waals surface area (Å²) in [7, 11) is 1.40. The van der Waals surface area contributed by atoms with Gasteiger partial charge in [0.2, 0.25) is 0 Å². The molecular weight excluding hydrogens is 292 g/mol. The predicted octanol–water partition coefficient (Wildman–Crippen LogP) is 4.37. The van der Waals surface area contributed by atoms with Gasteiger partial charge in [0.15, 0.2) is 6.29 Å². The smallest absolute Gasteiger partial charge is 0.305 e. The van der Waals surface area contributed by atoms with Crippen LogP contribution < -0.4 is 0 Å². The summed E-state index contributed by atoms with van der Waals surface area (Å²) < 4.78 is 15.3. The number of rotatable bonds is 9. The van der Waals surface area contributed by atoms with E-state index in [-0.39, 0.29) is 18.0 Å². The molecule has 3 atom stereocenters. The highest BCUT2D eigenvalue weighted by Gasteiger charge is 2.33. The van der Waals surface area contributed by atoms with Crippen molar-refractivity contribution in [2.75, 3.05) is 7.11 Å². The van der Waals surface area contributed by atoms with E-state index in [0.717, 1.165) is 25.7 Å². The number of hydrogen-bond donors (Lipinski definition) is 0. The molecule has 0 aromatic carbocycles. The van der Waals surface area contributed by atoms with Crippen LogP contribution in [0.25, 0.3) is 0 Å². The Morgan fingerprint density at radius 1 is 1.33 bits per heavy atom. The minimum Gasteiger partial charge on any atom is -0.469 e. The van der Waals surface area contributed by atoms with Crippen LogP contribution >= 0.6 is 11.9 Å². The van der Waals surface area contributed by atoms with Crippen LogP contribution in [0.2, 0.25) is 0 Å². The van der Waals surface area contributed by atoms with Gasteiger partial charge in [0.25, 0.3) is 0 Å². The van der Waals surface area contributed by atoms with Crippen molar-refractivity contribution in [3.05, 3.63) is 12.2 Å². The van der Waals surface area contributed by atoms with Gasteiger partial charge in [-0.05, 0) is 25.7 Å². The second-order valence-electron chi connectivity index (χ2n) is 5.61. The first-order chi connectivity index (χ1) is 10.1. The van der Waals surface area contributed by atoms with Crippen molar-refractivity contribution in [3.63, 3.8) is 0 Å². The molecule has 0 aliphatic carbocycles. The van der Waals surface area contributed by atoms with E-state index in [0.29, 0.717) is 12.8 Å². The molecule has 1 aliphatic heterocycles. The number of esters is 1. The molecule has 1 fully saturated rings. The van der Waals surface area contributed by atoms with Crippen molar-refractivity contribution in [3.8, 4) is 0 Å². The maximum absolute atomic E-state index is 11.3. The third kappa shape index (κ3) is 6.37. The Bertz CT molecular complexity index is 332. The Morgan fingerprint density at radius 2 is 2.10 bits per heavy atom. The van der Waals surface area contributed by atoms with Crippen LogP contribution in [0.3, 0.4) is 0 Å². The molecule has 122 valence electrons. The van der Waals surface area contributed by atoms with Crippen LogP contribution in [0.5, 0.6) is 0 Å². The highest BCUT2D eigenvalue weighted by atomic mass is 35.5. The lowest BCUT2D eigenvalue weighted by Crippen LogP contribution is -2.36. The van der Waals surface area contributed by atoms with Crippen molar-refractivity contribution in [1.29, 1.82) is 0 Å². The molecule has 0 spiro atoms. The largest absolute Gasteiger partial charge is 0.469 e. The molecule has 1 aliphatic rings. The van der Waals surface area contributed by atoms with E-state index < -0.39 is 6.29 Å². The van der Waals surface area contributed by atoms with Crippen LogP contribution in [0.15, 0.2) is 12.2 Å². The number of methoxy groups -OCH3 is 1. The summed E-state index contributed by atoms with van der Waals surface area (Å²) in [6.45, 7) is 6.42. The topological polar surface area (TPSA) is 44.8 Å². The van der Waals surface area contributed by atoms with Gasteiger partial charge in [0.05, 0.1) is 25.1 Å². The molecular formula is C16H27ClO4. The number of ether oxygens (including phenoxy) is 2. The van der Waals surface area contributed by atoms with Crippen LogP contribution in [-0.2, 0) is 18.6 Å². The minimum absolute atomic E-state index is 0.0734. The Labute approximate surface area is 132 Å². The molecule has 4 nitrogen and oxygen atoms in total. The number of carbonyl (C=O) groups is 1. The van der Waals surface area contributed by atoms with Gasteiger partial charge in [-0.25, -0.2) is 4.29 Å². The molecule has 1 saturated heterocycles. The molecule has 5 heteroatoms. The monoisotopic (exact) mass is 318 g/mol. The zero-order valence-electron chi connectivity index (χ0n) is 13.1. The Balaban J connectivity index is 2.55. The third-order valence-corrected chi connectivity index (χ3v) is 4.27. The first-order valence-corrected chi connectivity index (χ1v) is 8.10. The second-order valence-corrected chi connectivity index (χ2v) is 5.79. The summed E-state index contributed by atoms with van der Waals surface area (Å²) in [5, 5.41) is 0. The molecule has 0 radical (unpaired) electrons. The number of halogens is 1. The summed E-state index contributed by atoms with van der Waals surface area (Å²) in [6, 6.07) is 0. The lowest BCUT2D eigenvalue weighted by molar-refractivity contribution is -0.166. The van der Waals surface area contributed by atoms with Gasteiger partial charge in [-0.1, -0.05) is 31.9 Å². The number of hydrogen-bond acceptors (Lipinski definition) is 4. The first kappa shape index (κ1) is 18.5. The normalized spacial score (nSPS) is 25.6. The average molecular weight is 319 g/mol. The molecule has 21 heavy (non-hydrogen) atoms. The van der Waals surface area contributed by atoms with Gasteiger partial charge in [0, 0.05) is 18.8 Å². The molecule has 3 unspecified atom stereocenters. The van der Waals surface area contributed by atoms with E-state index in [2.05, 4.69) is 13.5 Å². The van der Waals surface area contributed by atoms with E-state index in [9.17, 15) is 4.79 Å². The zero-order valence-corrected chi connectivity index (χ0v) is 13.9. The Hall–Kier alpha value is -0.580. The van der Waals surface area contributed by atoms with Crippen molar-refractivity contribution in [1.82, 2.24) is 0 Å². The fraction of sp³-hybridized carbons (Fsp3) is 0.812. The fourth-order valence-electron chi connectivity index (χ4n) is 2.81. The summed E-state index contributed by atoms with van der Waals surface area (Å²) in [4.78, 5) is 11.3. The van der Waals surface area contributed by atoms with Crippen molar-refractivity contribution < 1.29 is 18.6 Å². The van der Waals surface area contributed by atoms with Gasteiger partial charge < -0.3 is 9.47 Å². The molecule has 0 N–H and O–H groups in total. The van der Waals surface area contributed by atoms with Gasteiger partial charge in [-0.3, -0.25) is 4.79 Å². The molecule has 0 amide bonds. The highest BCUT2D eigenvalue weighted by Crippen LogP contribution is 2.35. The number of carbonyl (C=O) groups excluding carboxylic acids is 1. The number of unbranched alkanes of at least 4 members (excludes halogenated alkanes) is 2. The average Bonchev–Trinajstić information content (AvgIpc) is 2.52. The summed E-state index contributed by atoms with van der Waals surface area (Å²) in [6.07, 6.45) is 6.77. The molecule has 0 aromatic heterocycles. The molecule has 1 heterocycles. The summed E-state index contributed by atoms with van der Waals surface area (Å²) in [5.74, 6) is 0.0532. The zero-order chi connectivity index (χ0) is 15.7. The maximum Gasteiger partial charge on any atom is 0.305 e. The van der Waals surface area contributed by atoms with E-state index in [1.165, 1.54) is 25.5 Å². The van der Waals surface area contributed by atoms with Gasteiger partial charge in [-0.2, -0.15) is 0 Å². The van der Waals surface area contributed by atoms with Crippen LogP contribution in [0, 0.1) is 5.92 Å². The van der Waals surface area contributed by atoms with Crippen molar-refractivity contribution in [2.24, 2.45) is 5.92 Å². The molecule has 0 aromatic rings. The molecule has 0 bridgehead atoms. The Morgan fingerprint density at radius 3 is 2.71 bits per heavy atom. The second kappa shape index (κ2) is 10.2. The third-order valence-electron chi connectivity index (χ3n) is 4.07. The predicted molar refractivity (Wildman–Crippen MR) is 82.9 cm³/mol. The molecule has 1 rings (SSSR count). The van der Waals surface area contributed by atoms with E-state index in [4.69, 9.17) is 25.6 Å². The first-order valence-electron chi connectivity index (χ1n) is 7.79.